The number of carbonyl (C=O) groups excluding carboxylic acids is 1. The molecule has 8 unspecified atom stereocenters. The lowest BCUT2D eigenvalue weighted by Crippen LogP contribution is -2.60. The van der Waals surface area contributed by atoms with Gasteiger partial charge in [-0.2, -0.15) is 0 Å². The highest BCUT2D eigenvalue weighted by molar-refractivity contribution is 5.80. The molecule has 0 radical (unpaired) electrons. The van der Waals surface area contributed by atoms with Crippen LogP contribution in [0.2, 0.25) is 0 Å². The van der Waals surface area contributed by atoms with Gasteiger partial charge in [-0.05, 0) is 19.3 Å². The first-order valence-electron chi connectivity index (χ1n) is 22.5. The van der Waals surface area contributed by atoms with Crippen molar-refractivity contribution in [3.63, 3.8) is 0 Å². The SMILES string of the molecule is CCCCCCCCCCCCCCC/C=C/C(O)C(COC1OC(CO)C(O)C(O)C1O)NC(=O)C(O)CCCCCCCCCCCCCCCC. The van der Waals surface area contributed by atoms with Crippen LogP contribution in [0.25, 0.3) is 0 Å². The average molecular weight is 772 g/mol. The number of ether oxygens (including phenoxy) is 2. The molecule has 8 atom stereocenters. The molecule has 0 bridgehead atoms. The number of nitrogens with one attached hydrogen (secondary N) is 1. The lowest BCUT2D eigenvalue weighted by Gasteiger charge is -2.40. The molecule has 54 heavy (non-hydrogen) atoms. The van der Waals surface area contributed by atoms with Crippen LogP contribution in [0, 0.1) is 0 Å². The van der Waals surface area contributed by atoms with E-state index >= 15 is 0 Å². The third-order valence-electron chi connectivity index (χ3n) is 11.0. The molecular weight excluding hydrogens is 686 g/mol. The number of allylic oxidation sites excluding steroid dienone is 1. The molecule has 1 heterocycles. The maximum Gasteiger partial charge on any atom is 0.249 e. The third kappa shape index (κ3) is 25.2. The molecule has 1 aliphatic heterocycles. The molecule has 1 amide bonds. The lowest BCUT2D eigenvalue weighted by molar-refractivity contribution is -0.302. The summed E-state index contributed by atoms with van der Waals surface area (Å²) in [6.07, 6.45) is 28.6. The zero-order valence-electron chi connectivity index (χ0n) is 34.6. The summed E-state index contributed by atoms with van der Waals surface area (Å²) in [6.45, 7) is 3.60. The zero-order chi connectivity index (χ0) is 39.7. The van der Waals surface area contributed by atoms with Crippen molar-refractivity contribution >= 4 is 5.91 Å². The van der Waals surface area contributed by atoms with Gasteiger partial charge < -0.3 is 45.4 Å². The Bertz CT molecular complexity index is 875. The Morgan fingerprint density at radius 1 is 0.630 bits per heavy atom. The van der Waals surface area contributed by atoms with Crippen molar-refractivity contribution in [1.29, 1.82) is 0 Å². The topological polar surface area (TPSA) is 169 Å². The summed E-state index contributed by atoms with van der Waals surface area (Å²) in [5.74, 6) is -0.615. The van der Waals surface area contributed by atoms with Gasteiger partial charge in [0.05, 0.1) is 25.4 Å². The summed E-state index contributed by atoms with van der Waals surface area (Å²) in [5.41, 5.74) is 0. The largest absolute Gasteiger partial charge is 0.394 e. The number of hydrogen-bond acceptors (Lipinski definition) is 9. The molecule has 7 N–H and O–H groups in total. The molecule has 0 aliphatic carbocycles. The van der Waals surface area contributed by atoms with Gasteiger partial charge in [0.2, 0.25) is 5.91 Å². The molecule has 0 saturated carbocycles. The fourth-order valence-electron chi connectivity index (χ4n) is 7.22. The molecule has 0 aromatic heterocycles. The Morgan fingerprint density at radius 2 is 1.06 bits per heavy atom. The van der Waals surface area contributed by atoms with Gasteiger partial charge in [0.1, 0.15) is 30.5 Å². The van der Waals surface area contributed by atoms with Crippen molar-refractivity contribution in [3.05, 3.63) is 12.2 Å². The van der Waals surface area contributed by atoms with Crippen LogP contribution in [0.4, 0.5) is 0 Å². The van der Waals surface area contributed by atoms with Crippen molar-refractivity contribution in [1.82, 2.24) is 5.32 Å². The van der Waals surface area contributed by atoms with E-state index in [4.69, 9.17) is 9.47 Å². The minimum Gasteiger partial charge on any atom is -0.394 e. The van der Waals surface area contributed by atoms with Crippen molar-refractivity contribution in [2.45, 2.75) is 249 Å². The van der Waals surface area contributed by atoms with Crippen LogP contribution in [0.15, 0.2) is 12.2 Å². The zero-order valence-corrected chi connectivity index (χ0v) is 34.6. The first kappa shape index (κ1) is 50.9. The summed E-state index contributed by atoms with van der Waals surface area (Å²) < 4.78 is 11.1. The number of hydrogen-bond donors (Lipinski definition) is 7. The molecule has 1 fully saturated rings. The molecule has 10 nitrogen and oxygen atoms in total. The number of rotatable bonds is 37. The van der Waals surface area contributed by atoms with E-state index < -0.39 is 61.5 Å². The van der Waals surface area contributed by atoms with E-state index in [-0.39, 0.29) is 6.61 Å². The first-order chi connectivity index (χ1) is 26.3. The minimum atomic E-state index is -1.61. The second kappa shape index (κ2) is 35.1. The Labute approximate surface area is 329 Å². The van der Waals surface area contributed by atoms with E-state index in [2.05, 4.69) is 19.2 Å². The van der Waals surface area contributed by atoms with E-state index in [1.165, 1.54) is 135 Å². The van der Waals surface area contributed by atoms with Gasteiger partial charge in [-0.1, -0.05) is 193 Å². The summed E-state index contributed by atoms with van der Waals surface area (Å²) in [6, 6.07) is -0.973. The first-order valence-corrected chi connectivity index (χ1v) is 22.5. The molecule has 0 aromatic carbocycles. The quantitative estimate of drug-likeness (QED) is 0.0245. The highest BCUT2D eigenvalue weighted by atomic mass is 16.7. The second-order valence-corrected chi connectivity index (χ2v) is 16.0. The van der Waals surface area contributed by atoms with Gasteiger partial charge in [-0.3, -0.25) is 4.79 Å². The van der Waals surface area contributed by atoms with E-state index in [9.17, 15) is 35.4 Å². The summed E-state index contributed by atoms with van der Waals surface area (Å²) in [5, 5.41) is 64.6. The second-order valence-electron chi connectivity index (χ2n) is 16.0. The van der Waals surface area contributed by atoms with E-state index in [0.717, 1.165) is 44.9 Å². The Morgan fingerprint density at radius 3 is 1.50 bits per heavy atom. The summed E-state index contributed by atoms with van der Waals surface area (Å²) in [7, 11) is 0. The third-order valence-corrected chi connectivity index (χ3v) is 11.0. The average Bonchev–Trinajstić information content (AvgIpc) is 3.17. The maximum absolute atomic E-state index is 13.0. The highest BCUT2D eigenvalue weighted by Gasteiger charge is 2.44. The van der Waals surface area contributed by atoms with E-state index in [1.807, 2.05) is 6.08 Å². The van der Waals surface area contributed by atoms with Gasteiger partial charge in [0.15, 0.2) is 6.29 Å². The minimum absolute atomic E-state index is 0.301. The number of aliphatic hydroxyl groups excluding tert-OH is 6. The van der Waals surface area contributed by atoms with Crippen LogP contribution in [0.5, 0.6) is 0 Å². The highest BCUT2D eigenvalue weighted by Crippen LogP contribution is 2.23. The standard InChI is InChI=1S/C44H85NO9/c1-3-5-7-9-11-13-15-17-19-21-22-24-26-28-30-32-37(47)36(35-53-44-42(51)41(50)40(49)39(34-46)54-44)45-43(52)38(48)33-31-29-27-25-23-20-18-16-14-12-10-8-6-4-2/h30,32,36-42,44,46-51H,3-29,31,33-35H2,1-2H3,(H,45,52)/b32-30+. The molecule has 10 heteroatoms. The number of unbranched alkanes of at least 4 members (excludes halogenated alkanes) is 26. The molecule has 0 aromatic rings. The normalized spacial score (nSPS) is 22.1. The summed E-state index contributed by atoms with van der Waals surface area (Å²) in [4.78, 5) is 13.0. The molecule has 320 valence electrons. The van der Waals surface area contributed by atoms with Crippen molar-refractivity contribution in [3.8, 4) is 0 Å². The van der Waals surface area contributed by atoms with Gasteiger partial charge >= 0.3 is 0 Å². The fraction of sp³-hybridized carbons (Fsp3) is 0.932. The molecule has 1 rings (SSSR count). The Hall–Kier alpha value is -1.11. The van der Waals surface area contributed by atoms with Crippen molar-refractivity contribution < 1.29 is 44.9 Å². The molecule has 0 spiro atoms. The monoisotopic (exact) mass is 772 g/mol. The smallest absolute Gasteiger partial charge is 0.249 e. The molecular formula is C44H85NO9. The van der Waals surface area contributed by atoms with E-state index in [1.54, 1.807) is 6.08 Å². The van der Waals surface area contributed by atoms with Crippen LogP contribution in [0.3, 0.4) is 0 Å². The lowest BCUT2D eigenvalue weighted by atomic mass is 9.99. The fourth-order valence-corrected chi connectivity index (χ4v) is 7.22. The predicted molar refractivity (Wildman–Crippen MR) is 218 cm³/mol. The van der Waals surface area contributed by atoms with Gasteiger partial charge in [-0.15, -0.1) is 0 Å². The van der Waals surface area contributed by atoms with Crippen LogP contribution >= 0.6 is 0 Å². The van der Waals surface area contributed by atoms with Crippen molar-refractivity contribution in [2.24, 2.45) is 0 Å². The Balaban J connectivity index is 2.44. The molecule has 1 aliphatic rings. The number of carbonyl (C=O) groups is 1. The maximum atomic E-state index is 13.0. The molecule has 1 saturated heterocycles. The van der Waals surface area contributed by atoms with E-state index in [0.29, 0.717) is 6.42 Å². The van der Waals surface area contributed by atoms with Crippen LogP contribution < -0.4 is 5.32 Å². The number of aliphatic hydroxyl groups is 6. The van der Waals surface area contributed by atoms with Gasteiger partial charge in [0, 0.05) is 0 Å². The van der Waals surface area contributed by atoms with Crippen LogP contribution in [-0.2, 0) is 14.3 Å². The Kier molecular flexibility index (Phi) is 33.1. The van der Waals surface area contributed by atoms with Crippen molar-refractivity contribution in [2.75, 3.05) is 13.2 Å². The number of amides is 1. The van der Waals surface area contributed by atoms with Gasteiger partial charge in [0.25, 0.3) is 0 Å². The van der Waals surface area contributed by atoms with Gasteiger partial charge in [-0.25, -0.2) is 0 Å². The van der Waals surface area contributed by atoms with Crippen LogP contribution in [-0.4, -0.2) is 98.7 Å². The summed E-state index contributed by atoms with van der Waals surface area (Å²) >= 11 is 0. The predicted octanol–water partition coefficient (Wildman–Crippen LogP) is 7.92. The van der Waals surface area contributed by atoms with Crippen LogP contribution in [0.1, 0.15) is 200 Å².